The minimum atomic E-state index is -2.90. The van der Waals surface area contributed by atoms with Crippen LogP contribution in [0.4, 0.5) is 0 Å². The average molecular weight is 297 g/mol. The van der Waals surface area contributed by atoms with Gasteiger partial charge in [0.1, 0.15) is 5.75 Å². The summed E-state index contributed by atoms with van der Waals surface area (Å²) in [5.74, 6) is 1.31. The van der Waals surface area contributed by atoms with Gasteiger partial charge in [-0.15, -0.1) is 0 Å². The Balaban J connectivity index is 2.20. The largest absolute Gasteiger partial charge is 0.496 e. The van der Waals surface area contributed by atoms with E-state index in [-0.39, 0.29) is 23.1 Å². The molecule has 1 fully saturated rings. The third-order valence-electron chi connectivity index (χ3n) is 3.92. The van der Waals surface area contributed by atoms with E-state index in [9.17, 15) is 8.42 Å². The Kier molecular flexibility index (Phi) is 4.12. The highest BCUT2D eigenvalue weighted by atomic mass is 32.2. The molecule has 1 aliphatic heterocycles. The molecule has 1 aromatic rings. The van der Waals surface area contributed by atoms with E-state index in [4.69, 9.17) is 4.74 Å². The quantitative estimate of drug-likeness (QED) is 0.926. The monoisotopic (exact) mass is 297 g/mol. The fourth-order valence-electron chi connectivity index (χ4n) is 2.92. The fraction of sp³-hybridized carbons (Fsp3) is 0.600. The van der Waals surface area contributed by atoms with Gasteiger partial charge >= 0.3 is 0 Å². The van der Waals surface area contributed by atoms with Crippen LogP contribution in [0.5, 0.6) is 5.75 Å². The zero-order valence-electron chi connectivity index (χ0n) is 12.6. The molecule has 0 bridgehead atoms. The van der Waals surface area contributed by atoms with Crippen molar-refractivity contribution in [1.82, 2.24) is 5.32 Å². The van der Waals surface area contributed by atoms with Gasteiger partial charge in [-0.2, -0.15) is 0 Å². The average Bonchev–Trinajstić information content (AvgIpc) is 2.63. The van der Waals surface area contributed by atoms with Gasteiger partial charge in [-0.25, -0.2) is 8.42 Å². The molecular formula is C15H23NO3S. The number of benzene rings is 1. The van der Waals surface area contributed by atoms with Crippen molar-refractivity contribution in [2.24, 2.45) is 0 Å². The van der Waals surface area contributed by atoms with Crippen LogP contribution in [0.1, 0.15) is 37.4 Å². The van der Waals surface area contributed by atoms with E-state index < -0.39 is 9.84 Å². The van der Waals surface area contributed by atoms with Crippen LogP contribution in [-0.2, 0) is 9.84 Å². The highest BCUT2D eigenvalue weighted by Crippen LogP contribution is 2.31. The van der Waals surface area contributed by atoms with Crippen molar-refractivity contribution < 1.29 is 13.2 Å². The van der Waals surface area contributed by atoms with Gasteiger partial charge in [-0.3, -0.25) is 0 Å². The van der Waals surface area contributed by atoms with Crippen LogP contribution >= 0.6 is 0 Å². The maximum Gasteiger partial charge on any atom is 0.152 e. The van der Waals surface area contributed by atoms with Gasteiger partial charge in [-0.1, -0.05) is 17.7 Å². The van der Waals surface area contributed by atoms with Gasteiger partial charge in [-0.05, 0) is 33.3 Å². The molecule has 112 valence electrons. The molecule has 20 heavy (non-hydrogen) atoms. The molecule has 0 saturated carbocycles. The molecule has 4 nitrogen and oxygen atoms in total. The molecule has 2 rings (SSSR count). The number of hydrogen-bond acceptors (Lipinski definition) is 4. The van der Waals surface area contributed by atoms with E-state index in [0.717, 1.165) is 11.3 Å². The van der Waals surface area contributed by atoms with Crippen LogP contribution in [0.2, 0.25) is 0 Å². The normalized spacial score (nSPS) is 26.4. The van der Waals surface area contributed by atoms with Gasteiger partial charge in [0.15, 0.2) is 9.84 Å². The number of nitrogens with one attached hydrogen (secondary N) is 1. The van der Waals surface area contributed by atoms with Crippen molar-refractivity contribution in [3.8, 4) is 5.75 Å². The van der Waals surface area contributed by atoms with Crippen LogP contribution in [0, 0.1) is 6.92 Å². The molecule has 0 spiro atoms. The van der Waals surface area contributed by atoms with Crippen molar-refractivity contribution in [1.29, 1.82) is 0 Å². The van der Waals surface area contributed by atoms with E-state index in [2.05, 4.69) is 11.4 Å². The smallest absolute Gasteiger partial charge is 0.152 e. The Labute approximate surface area is 121 Å². The second-order valence-electron chi connectivity index (χ2n) is 6.01. The summed E-state index contributed by atoms with van der Waals surface area (Å²) in [7, 11) is -1.24. The first-order valence-corrected chi connectivity index (χ1v) is 8.69. The fourth-order valence-corrected chi connectivity index (χ4v) is 5.02. The summed E-state index contributed by atoms with van der Waals surface area (Å²) in [6.07, 6.45) is 0.661. The number of ether oxygens (including phenoxy) is 1. The van der Waals surface area contributed by atoms with Crippen LogP contribution in [0.15, 0.2) is 18.2 Å². The number of hydrogen-bond donors (Lipinski definition) is 1. The summed E-state index contributed by atoms with van der Waals surface area (Å²) in [5, 5.41) is 3.47. The molecule has 1 aliphatic rings. The number of methoxy groups -OCH3 is 1. The Morgan fingerprint density at radius 2 is 2.10 bits per heavy atom. The van der Waals surface area contributed by atoms with Crippen LogP contribution in [-0.4, -0.2) is 32.6 Å². The standard InChI is InChI=1S/C15H23NO3S/c1-11-5-6-14(19-4)13(9-11)12(2)16-15(3)7-8-20(17,18)10-15/h5-6,9,12,16H,7-8,10H2,1-4H3. The molecule has 5 heteroatoms. The molecule has 1 aromatic carbocycles. The lowest BCUT2D eigenvalue weighted by Gasteiger charge is -2.29. The van der Waals surface area contributed by atoms with Gasteiger partial charge in [0.2, 0.25) is 0 Å². The predicted octanol–water partition coefficient (Wildman–Crippen LogP) is 2.23. The molecule has 2 atom stereocenters. The second-order valence-corrected chi connectivity index (χ2v) is 8.20. The minimum absolute atomic E-state index is 0.0446. The second kappa shape index (κ2) is 5.37. The minimum Gasteiger partial charge on any atom is -0.496 e. The van der Waals surface area contributed by atoms with E-state index in [1.165, 1.54) is 5.56 Å². The van der Waals surface area contributed by atoms with Crippen molar-refractivity contribution in [2.45, 2.75) is 38.8 Å². The van der Waals surface area contributed by atoms with E-state index in [1.807, 2.05) is 32.9 Å². The predicted molar refractivity (Wildman–Crippen MR) is 81.0 cm³/mol. The molecule has 2 unspecified atom stereocenters. The van der Waals surface area contributed by atoms with Gasteiger partial charge < -0.3 is 10.1 Å². The molecule has 1 saturated heterocycles. The maximum atomic E-state index is 11.7. The zero-order valence-corrected chi connectivity index (χ0v) is 13.4. The van der Waals surface area contributed by atoms with Gasteiger partial charge in [0.05, 0.1) is 18.6 Å². The number of sulfone groups is 1. The van der Waals surface area contributed by atoms with Gasteiger partial charge in [0, 0.05) is 17.1 Å². The summed E-state index contributed by atoms with van der Waals surface area (Å²) in [5.41, 5.74) is 1.88. The summed E-state index contributed by atoms with van der Waals surface area (Å²) in [6.45, 7) is 6.07. The number of rotatable bonds is 4. The first-order valence-electron chi connectivity index (χ1n) is 6.87. The van der Waals surface area contributed by atoms with Crippen molar-refractivity contribution >= 4 is 9.84 Å². The first kappa shape index (κ1) is 15.3. The lowest BCUT2D eigenvalue weighted by atomic mass is 9.97. The molecule has 0 aliphatic carbocycles. The first-order chi connectivity index (χ1) is 9.25. The van der Waals surface area contributed by atoms with Crippen LogP contribution in [0.3, 0.4) is 0 Å². The van der Waals surface area contributed by atoms with Crippen LogP contribution < -0.4 is 10.1 Å². The van der Waals surface area contributed by atoms with Crippen molar-refractivity contribution in [3.05, 3.63) is 29.3 Å². The molecule has 0 amide bonds. The van der Waals surface area contributed by atoms with Crippen molar-refractivity contribution in [2.75, 3.05) is 18.6 Å². The van der Waals surface area contributed by atoms with E-state index in [0.29, 0.717) is 6.42 Å². The van der Waals surface area contributed by atoms with Gasteiger partial charge in [0.25, 0.3) is 0 Å². The van der Waals surface area contributed by atoms with E-state index >= 15 is 0 Å². The Hall–Kier alpha value is -1.07. The van der Waals surface area contributed by atoms with Crippen LogP contribution in [0.25, 0.3) is 0 Å². The Morgan fingerprint density at radius 3 is 2.65 bits per heavy atom. The lowest BCUT2D eigenvalue weighted by molar-refractivity contribution is 0.343. The number of aryl methyl sites for hydroxylation is 1. The topological polar surface area (TPSA) is 55.4 Å². The summed E-state index contributed by atoms with van der Waals surface area (Å²) >= 11 is 0. The van der Waals surface area contributed by atoms with E-state index in [1.54, 1.807) is 7.11 Å². The van der Waals surface area contributed by atoms with Crippen molar-refractivity contribution in [3.63, 3.8) is 0 Å². The summed E-state index contributed by atoms with van der Waals surface area (Å²) in [4.78, 5) is 0. The summed E-state index contributed by atoms with van der Waals surface area (Å²) in [6, 6.07) is 6.10. The maximum absolute atomic E-state index is 11.7. The molecule has 1 N–H and O–H groups in total. The molecule has 1 heterocycles. The highest BCUT2D eigenvalue weighted by Gasteiger charge is 2.39. The third-order valence-corrected chi connectivity index (χ3v) is 5.82. The Bertz CT molecular complexity index is 597. The molecule has 0 radical (unpaired) electrons. The summed E-state index contributed by atoms with van der Waals surface area (Å²) < 4.78 is 28.8. The SMILES string of the molecule is COc1ccc(C)cc1C(C)NC1(C)CCS(=O)(=O)C1. The molecular weight excluding hydrogens is 274 g/mol. The lowest BCUT2D eigenvalue weighted by Crippen LogP contribution is -2.44. The Morgan fingerprint density at radius 1 is 1.40 bits per heavy atom. The third kappa shape index (κ3) is 3.33. The highest BCUT2D eigenvalue weighted by molar-refractivity contribution is 7.91. The molecule has 0 aromatic heterocycles. The zero-order chi connectivity index (χ0) is 15.0.